The summed E-state index contributed by atoms with van der Waals surface area (Å²) < 4.78 is 0. The molecule has 23 heavy (non-hydrogen) atoms. The molecule has 2 atom stereocenters. The number of carbonyl (C=O) groups is 1. The van der Waals surface area contributed by atoms with Crippen molar-refractivity contribution in [2.45, 2.75) is 39.3 Å². The number of hydrogen-bond donors (Lipinski definition) is 3. The van der Waals surface area contributed by atoms with Crippen LogP contribution in [-0.4, -0.2) is 35.0 Å². The van der Waals surface area contributed by atoms with Gasteiger partial charge >= 0.3 is 0 Å². The van der Waals surface area contributed by atoms with Crippen LogP contribution in [0.15, 0.2) is 29.1 Å². The van der Waals surface area contributed by atoms with Crippen LogP contribution in [0.3, 0.4) is 0 Å². The highest BCUT2D eigenvalue weighted by molar-refractivity contribution is 5.78. The van der Waals surface area contributed by atoms with Crippen LogP contribution < -0.4 is 15.8 Å². The minimum absolute atomic E-state index is 0.0232. The topological polar surface area (TPSA) is 79.3 Å². The number of aromatic amines is 1. The fourth-order valence-electron chi connectivity index (χ4n) is 2.41. The molecule has 1 aromatic carbocycles. The third-order valence-corrected chi connectivity index (χ3v) is 3.73. The second kappa shape index (κ2) is 6.50. The van der Waals surface area contributed by atoms with Crippen molar-refractivity contribution in [1.82, 2.24) is 15.3 Å². The average molecular weight is 317 g/mol. The Labute approximate surface area is 135 Å². The number of amides is 1. The lowest BCUT2D eigenvalue weighted by atomic mass is 10.1. The largest absolute Gasteiger partial charge is 0.347 e. The zero-order chi connectivity index (χ0) is 17.2. The number of benzene rings is 1. The van der Waals surface area contributed by atoms with Gasteiger partial charge in [0, 0.05) is 5.54 Å². The summed E-state index contributed by atoms with van der Waals surface area (Å²) in [5.74, 6) is 0.569. The molecule has 124 valence electrons. The minimum atomic E-state index is -0.254. The predicted octanol–water partition coefficient (Wildman–Crippen LogP) is 0.414. The molecule has 6 heteroatoms. The van der Waals surface area contributed by atoms with Gasteiger partial charge in [0.25, 0.3) is 11.5 Å². The summed E-state index contributed by atoms with van der Waals surface area (Å²) in [5.41, 5.74) is 0.269. The molecule has 0 bridgehead atoms. The second-order valence-corrected chi connectivity index (χ2v) is 7.01. The van der Waals surface area contributed by atoms with Crippen LogP contribution in [0.2, 0.25) is 0 Å². The number of rotatable bonds is 4. The van der Waals surface area contributed by atoms with E-state index in [0.29, 0.717) is 23.3 Å². The van der Waals surface area contributed by atoms with E-state index in [1.807, 2.05) is 52.9 Å². The summed E-state index contributed by atoms with van der Waals surface area (Å²) >= 11 is 0. The van der Waals surface area contributed by atoms with Crippen LogP contribution >= 0.6 is 0 Å². The van der Waals surface area contributed by atoms with Gasteiger partial charge in [-0.05, 0) is 39.8 Å². The smallest absolute Gasteiger partial charge is 0.275 e. The molecule has 0 radical (unpaired) electrons. The summed E-state index contributed by atoms with van der Waals surface area (Å²) in [4.78, 5) is 32.5. The van der Waals surface area contributed by atoms with Crippen LogP contribution in [0.1, 0.15) is 39.6 Å². The molecule has 0 spiro atoms. The Bertz CT molecular complexity index is 761. The van der Waals surface area contributed by atoms with Crippen molar-refractivity contribution in [3.63, 3.8) is 0 Å². The number of nitrogens with zero attached hydrogens (tertiary/aromatic N) is 1. The fraction of sp³-hybridized carbons (Fsp3) is 0.471. The van der Waals surface area contributed by atoms with E-state index in [2.05, 4.69) is 15.3 Å². The van der Waals surface area contributed by atoms with E-state index in [0.717, 1.165) is 4.90 Å². The number of H-pyrrole nitrogens is 1. The zero-order valence-electron chi connectivity index (χ0n) is 14.4. The van der Waals surface area contributed by atoms with E-state index in [-0.39, 0.29) is 23.0 Å². The normalized spacial score (nSPS) is 14.5. The number of aromatic nitrogens is 2. The molecule has 1 aromatic heterocycles. The van der Waals surface area contributed by atoms with Gasteiger partial charge < -0.3 is 15.2 Å². The Hall–Kier alpha value is -2.21. The number of carbonyl (C=O) groups excluding carboxylic acids is 1. The minimum Gasteiger partial charge on any atom is -0.347 e. The van der Waals surface area contributed by atoms with Crippen molar-refractivity contribution in [2.75, 3.05) is 13.6 Å². The molecular weight excluding hydrogens is 292 g/mol. The first-order valence-corrected chi connectivity index (χ1v) is 7.79. The van der Waals surface area contributed by atoms with Gasteiger partial charge in [-0.3, -0.25) is 9.59 Å². The SMILES string of the molecule is C[C@H](c1nc2ccccc2c(=O)[nH]1)[NH+](C)CC(=O)NC(C)(C)C. The van der Waals surface area contributed by atoms with Crippen LogP contribution in [0, 0.1) is 0 Å². The monoisotopic (exact) mass is 317 g/mol. The maximum atomic E-state index is 12.2. The highest BCUT2D eigenvalue weighted by atomic mass is 16.2. The van der Waals surface area contributed by atoms with Crippen molar-refractivity contribution >= 4 is 16.8 Å². The number of quaternary nitrogens is 1. The lowest BCUT2D eigenvalue weighted by molar-refractivity contribution is -0.903. The van der Waals surface area contributed by atoms with Gasteiger partial charge in [0.1, 0.15) is 6.04 Å². The summed E-state index contributed by atoms with van der Waals surface area (Å²) in [5, 5.41) is 3.52. The number of fused-ring (bicyclic) bond motifs is 1. The van der Waals surface area contributed by atoms with Crippen molar-refractivity contribution in [1.29, 1.82) is 0 Å². The number of likely N-dealkylation sites (N-methyl/N-ethyl adjacent to an activating group) is 1. The first-order valence-electron chi connectivity index (χ1n) is 7.79. The Morgan fingerprint density at radius 1 is 1.35 bits per heavy atom. The van der Waals surface area contributed by atoms with E-state index >= 15 is 0 Å². The lowest BCUT2D eigenvalue weighted by Crippen LogP contribution is -3.10. The van der Waals surface area contributed by atoms with Crippen LogP contribution in [0.25, 0.3) is 10.9 Å². The molecule has 1 amide bonds. The standard InChI is InChI=1S/C17H24N4O2/c1-11(21(5)10-14(22)20-17(2,3)4)15-18-13-9-7-6-8-12(13)16(23)19-15/h6-9,11H,10H2,1-5H3,(H,20,22)(H,18,19,23)/p+1/t11-/m1/s1. The number of para-hydroxylation sites is 1. The molecule has 2 aromatic rings. The van der Waals surface area contributed by atoms with Crippen molar-refractivity contribution in [3.05, 3.63) is 40.4 Å². The van der Waals surface area contributed by atoms with Gasteiger partial charge in [0.15, 0.2) is 12.4 Å². The number of nitrogens with one attached hydrogen (secondary N) is 3. The molecule has 0 saturated carbocycles. The molecular formula is C17H25N4O2+. The molecule has 6 nitrogen and oxygen atoms in total. The predicted molar refractivity (Wildman–Crippen MR) is 90.4 cm³/mol. The molecule has 3 N–H and O–H groups in total. The third-order valence-electron chi connectivity index (χ3n) is 3.73. The second-order valence-electron chi connectivity index (χ2n) is 7.01. The maximum Gasteiger partial charge on any atom is 0.275 e. The molecule has 0 aliphatic carbocycles. The zero-order valence-corrected chi connectivity index (χ0v) is 14.4. The van der Waals surface area contributed by atoms with Gasteiger partial charge in [0.2, 0.25) is 0 Å². The maximum absolute atomic E-state index is 12.2. The number of hydrogen-bond acceptors (Lipinski definition) is 3. The summed E-state index contributed by atoms with van der Waals surface area (Å²) in [6.07, 6.45) is 0. The quantitative estimate of drug-likeness (QED) is 0.764. The third kappa shape index (κ3) is 4.39. The van der Waals surface area contributed by atoms with Crippen LogP contribution in [0.4, 0.5) is 0 Å². The van der Waals surface area contributed by atoms with Gasteiger partial charge in [-0.2, -0.15) is 0 Å². The van der Waals surface area contributed by atoms with Crippen molar-refractivity contribution in [3.8, 4) is 0 Å². The van der Waals surface area contributed by atoms with Gasteiger partial charge in [0.05, 0.1) is 18.0 Å². The lowest BCUT2D eigenvalue weighted by Gasteiger charge is -2.24. The van der Waals surface area contributed by atoms with Gasteiger partial charge in [-0.15, -0.1) is 0 Å². The Morgan fingerprint density at radius 2 is 2.00 bits per heavy atom. The highest BCUT2D eigenvalue weighted by Gasteiger charge is 2.23. The Kier molecular flexibility index (Phi) is 4.85. The molecule has 1 heterocycles. The van der Waals surface area contributed by atoms with Crippen LogP contribution in [-0.2, 0) is 4.79 Å². The Morgan fingerprint density at radius 3 is 2.65 bits per heavy atom. The van der Waals surface area contributed by atoms with Gasteiger partial charge in [-0.25, -0.2) is 4.98 Å². The van der Waals surface area contributed by atoms with E-state index < -0.39 is 0 Å². The Balaban J connectivity index is 2.18. The van der Waals surface area contributed by atoms with Crippen molar-refractivity contribution in [2.24, 2.45) is 0 Å². The summed E-state index contributed by atoms with van der Waals surface area (Å²) in [7, 11) is 1.92. The molecule has 1 unspecified atom stereocenters. The van der Waals surface area contributed by atoms with Gasteiger partial charge in [-0.1, -0.05) is 12.1 Å². The average Bonchev–Trinajstić information content (AvgIpc) is 2.44. The molecule has 0 aliphatic rings. The van der Waals surface area contributed by atoms with Crippen LogP contribution in [0.5, 0.6) is 0 Å². The van der Waals surface area contributed by atoms with Crippen molar-refractivity contribution < 1.29 is 9.69 Å². The van der Waals surface area contributed by atoms with E-state index in [1.165, 1.54) is 0 Å². The van der Waals surface area contributed by atoms with E-state index in [1.54, 1.807) is 6.07 Å². The molecule has 0 aliphatic heterocycles. The first-order chi connectivity index (χ1) is 10.7. The summed E-state index contributed by atoms with van der Waals surface area (Å²) in [6.45, 7) is 8.12. The molecule has 2 rings (SSSR count). The highest BCUT2D eigenvalue weighted by Crippen LogP contribution is 2.08. The molecule has 0 fully saturated rings. The fourth-order valence-corrected chi connectivity index (χ4v) is 2.41. The summed E-state index contributed by atoms with van der Waals surface area (Å²) in [6, 6.07) is 7.15. The van der Waals surface area contributed by atoms with E-state index in [9.17, 15) is 9.59 Å². The van der Waals surface area contributed by atoms with E-state index in [4.69, 9.17) is 0 Å². The molecule has 0 saturated heterocycles. The first kappa shape index (κ1) is 17.1.